The maximum absolute atomic E-state index is 13.3. The van der Waals surface area contributed by atoms with Gasteiger partial charge in [0, 0.05) is 19.1 Å². The number of carbonyl (C=O) groups is 1. The molecular weight excluding hydrogens is 512 g/mol. The largest absolute Gasteiger partial charge is 0.416 e. The predicted molar refractivity (Wildman–Crippen MR) is 129 cm³/mol. The zero-order valence-electron chi connectivity index (χ0n) is 21.1. The molecule has 4 unspecified atom stereocenters. The lowest BCUT2D eigenvalue weighted by atomic mass is 9.80. The Morgan fingerprint density at radius 3 is 2.24 bits per heavy atom. The molecule has 0 aromatic heterocycles. The monoisotopic (exact) mass is 543 g/mol. The highest BCUT2D eigenvalue weighted by atomic mass is 19.4. The van der Waals surface area contributed by atoms with Crippen LogP contribution in [0, 0.1) is 5.92 Å². The second kappa shape index (κ2) is 10.9. The van der Waals surface area contributed by atoms with E-state index in [1.807, 2.05) is 49.3 Å². The Bertz CT molecular complexity index is 1090. The first kappa shape index (κ1) is 28.4. The smallest absolute Gasteiger partial charge is 0.371 e. The summed E-state index contributed by atoms with van der Waals surface area (Å²) in [6, 6.07) is 10.7. The molecule has 1 amide bonds. The van der Waals surface area contributed by atoms with Gasteiger partial charge in [0.1, 0.15) is 0 Å². The molecule has 2 aromatic rings. The summed E-state index contributed by atoms with van der Waals surface area (Å²) in [6.07, 6.45) is -8.94. The molecule has 2 fully saturated rings. The van der Waals surface area contributed by atoms with Crippen molar-refractivity contribution in [2.75, 3.05) is 27.2 Å². The molecule has 38 heavy (non-hydrogen) atoms. The number of fused-ring (bicyclic) bond motifs is 2. The Labute approximate surface area is 217 Å². The van der Waals surface area contributed by atoms with Gasteiger partial charge in [-0.05, 0) is 62.7 Å². The lowest BCUT2D eigenvalue weighted by molar-refractivity contribution is -0.143. The first-order valence-electron chi connectivity index (χ1n) is 12.5. The van der Waals surface area contributed by atoms with Crippen LogP contribution in [0.4, 0.5) is 26.3 Å². The minimum atomic E-state index is -4.93. The van der Waals surface area contributed by atoms with E-state index in [1.54, 1.807) is 0 Å². The zero-order chi connectivity index (χ0) is 27.7. The summed E-state index contributed by atoms with van der Waals surface area (Å²) in [5.74, 6) is -0.438. The number of nitrogens with zero attached hydrogens (tertiary/aromatic N) is 1. The summed E-state index contributed by atoms with van der Waals surface area (Å²) in [5, 5.41) is 6.53. The predicted octanol–water partition coefficient (Wildman–Crippen LogP) is 4.95. The zero-order valence-corrected chi connectivity index (χ0v) is 21.1. The number of halogens is 6. The van der Waals surface area contributed by atoms with E-state index in [1.165, 1.54) is 0 Å². The molecule has 0 spiro atoms. The van der Waals surface area contributed by atoms with Gasteiger partial charge in [-0.3, -0.25) is 4.79 Å². The average Bonchev–Trinajstić information content (AvgIpc) is 3.17. The minimum absolute atomic E-state index is 0.0875. The quantitative estimate of drug-likeness (QED) is 0.463. The summed E-state index contributed by atoms with van der Waals surface area (Å²) in [5.41, 5.74) is -2.91. The van der Waals surface area contributed by atoms with Crippen molar-refractivity contribution >= 4 is 5.91 Å². The van der Waals surface area contributed by atoms with E-state index in [9.17, 15) is 31.1 Å². The Balaban J connectivity index is 1.58. The number of hydrogen-bond donors (Lipinski definition) is 2. The molecular formula is C27H31F6N3O2. The molecule has 2 saturated heterocycles. The van der Waals surface area contributed by atoms with Gasteiger partial charge in [0.15, 0.2) is 0 Å². The number of likely N-dealkylation sites (N-methyl/N-ethyl adjacent to an activating group) is 1. The molecule has 4 atom stereocenters. The van der Waals surface area contributed by atoms with Crippen LogP contribution in [0.1, 0.15) is 41.5 Å². The van der Waals surface area contributed by atoms with E-state index < -0.39 is 41.7 Å². The van der Waals surface area contributed by atoms with E-state index in [-0.39, 0.29) is 29.5 Å². The topological polar surface area (TPSA) is 53.6 Å². The third-order valence-electron chi connectivity index (χ3n) is 7.34. The van der Waals surface area contributed by atoms with Crippen molar-refractivity contribution in [3.05, 3.63) is 70.8 Å². The van der Waals surface area contributed by atoms with Crippen LogP contribution in [0.3, 0.4) is 0 Å². The van der Waals surface area contributed by atoms with Crippen LogP contribution >= 0.6 is 0 Å². The first-order valence-corrected chi connectivity index (χ1v) is 12.5. The van der Waals surface area contributed by atoms with Gasteiger partial charge in [0.2, 0.25) is 5.91 Å². The molecule has 2 bridgehead atoms. The maximum atomic E-state index is 13.3. The Morgan fingerprint density at radius 1 is 1.03 bits per heavy atom. The maximum Gasteiger partial charge on any atom is 0.416 e. The summed E-state index contributed by atoms with van der Waals surface area (Å²) >= 11 is 0. The summed E-state index contributed by atoms with van der Waals surface area (Å²) in [7, 11) is 3.81. The highest BCUT2D eigenvalue weighted by Crippen LogP contribution is 2.48. The Morgan fingerprint density at radius 2 is 1.66 bits per heavy atom. The van der Waals surface area contributed by atoms with Crippen molar-refractivity contribution in [1.29, 1.82) is 0 Å². The average molecular weight is 544 g/mol. The van der Waals surface area contributed by atoms with E-state index >= 15 is 0 Å². The number of hydrogen-bond acceptors (Lipinski definition) is 4. The van der Waals surface area contributed by atoms with Crippen LogP contribution in [-0.2, 0) is 34.0 Å². The normalized spacial score (nSPS) is 25.6. The number of carbonyl (C=O) groups excluding carboxylic acids is 1. The molecule has 0 aliphatic carbocycles. The second-order valence-electron chi connectivity index (χ2n) is 10.3. The molecule has 4 rings (SSSR count). The fourth-order valence-electron chi connectivity index (χ4n) is 5.51. The van der Waals surface area contributed by atoms with Gasteiger partial charge in [-0.1, -0.05) is 30.3 Å². The number of nitrogens with one attached hydrogen (secondary N) is 2. The number of ether oxygens (including phenoxy) is 1. The summed E-state index contributed by atoms with van der Waals surface area (Å²) in [6.45, 7) is 0.742. The van der Waals surface area contributed by atoms with E-state index in [0.717, 1.165) is 5.56 Å². The molecule has 2 N–H and O–H groups in total. The molecule has 11 heteroatoms. The standard InChI is InChI=1S/C27H31F6N3O2/c1-36(2)11-10-34-24(37)21-15-25(18-6-4-3-5-7-18)23(9-8-22(21)35-25)38-16-17-12-19(26(28,29)30)14-20(13-17)27(31,32)33/h3-7,12-14,21-23,35H,8-11,15-16H2,1-2H3,(H,34,37). The molecule has 2 aliphatic heterocycles. The van der Waals surface area contributed by atoms with Gasteiger partial charge in [-0.2, -0.15) is 26.3 Å². The van der Waals surface area contributed by atoms with Crippen LogP contribution in [0.5, 0.6) is 0 Å². The van der Waals surface area contributed by atoms with Crippen LogP contribution < -0.4 is 10.6 Å². The first-order chi connectivity index (χ1) is 17.8. The summed E-state index contributed by atoms with van der Waals surface area (Å²) < 4.78 is 86.1. The molecule has 2 heterocycles. The highest BCUT2D eigenvalue weighted by Gasteiger charge is 2.56. The van der Waals surface area contributed by atoms with Crippen molar-refractivity contribution in [3.63, 3.8) is 0 Å². The van der Waals surface area contributed by atoms with Crippen molar-refractivity contribution in [1.82, 2.24) is 15.5 Å². The highest BCUT2D eigenvalue weighted by molar-refractivity contribution is 5.80. The van der Waals surface area contributed by atoms with Crippen LogP contribution in [0.15, 0.2) is 48.5 Å². The molecule has 208 valence electrons. The van der Waals surface area contributed by atoms with E-state index in [2.05, 4.69) is 10.6 Å². The van der Waals surface area contributed by atoms with Gasteiger partial charge >= 0.3 is 12.4 Å². The molecule has 2 aromatic carbocycles. The van der Waals surface area contributed by atoms with Gasteiger partial charge < -0.3 is 20.3 Å². The van der Waals surface area contributed by atoms with Crippen LogP contribution in [0.2, 0.25) is 0 Å². The number of benzene rings is 2. The summed E-state index contributed by atoms with van der Waals surface area (Å²) in [4.78, 5) is 15.0. The van der Waals surface area contributed by atoms with Crippen LogP contribution in [0.25, 0.3) is 0 Å². The number of rotatable bonds is 8. The van der Waals surface area contributed by atoms with Crippen molar-refractivity contribution in [2.24, 2.45) is 5.92 Å². The van der Waals surface area contributed by atoms with Gasteiger partial charge in [-0.25, -0.2) is 0 Å². The fourth-order valence-corrected chi connectivity index (χ4v) is 5.51. The van der Waals surface area contributed by atoms with E-state index in [0.29, 0.717) is 44.5 Å². The molecule has 0 radical (unpaired) electrons. The van der Waals surface area contributed by atoms with Gasteiger partial charge in [0.25, 0.3) is 0 Å². The molecule has 2 aliphatic rings. The number of amides is 1. The fraction of sp³-hybridized carbons (Fsp3) is 0.519. The van der Waals surface area contributed by atoms with Crippen LogP contribution in [-0.4, -0.2) is 50.1 Å². The SMILES string of the molecule is CN(C)CCNC(=O)C1CC2(c3ccccc3)NC1CCC2OCc1cc(C(F)(F)F)cc(C(F)(F)F)c1. The molecule has 0 saturated carbocycles. The third kappa shape index (κ3) is 6.16. The number of alkyl halides is 6. The van der Waals surface area contributed by atoms with Crippen molar-refractivity contribution in [2.45, 2.75) is 55.9 Å². The van der Waals surface area contributed by atoms with Crippen molar-refractivity contribution in [3.8, 4) is 0 Å². The Kier molecular flexibility index (Phi) is 8.11. The van der Waals surface area contributed by atoms with Gasteiger partial charge in [-0.15, -0.1) is 0 Å². The third-order valence-corrected chi connectivity index (χ3v) is 7.34. The van der Waals surface area contributed by atoms with E-state index in [4.69, 9.17) is 4.74 Å². The minimum Gasteiger partial charge on any atom is -0.371 e. The lowest BCUT2D eigenvalue weighted by Gasteiger charge is -2.42. The molecule has 5 nitrogen and oxygen atoms in total. The van der Waals surface area contributed by atoms with Gasteiger partial charge in [0.05, 0.1) is 35.3 Å². The van der Waals surface area contributed by atoms with Crippen molar-refractivity contribution < 1.29 is 35.9 Å². The lowest BCUT2D eigenvalue weighted by Crippen LogP contribution is -2.54. The second-order valence-corrected chi connectivity index (χ2v) is 10.3. The number of piperidine rings is 1. The Hall–Kier alpha value is -2.63.